The van der Waals surface area contributed by atoms with Crippen LogP contribution in [0.3, 0.4) is 0 Å². The summed E-state index contributed by atoms with van der Waals surface area (Å²) in [6.45, 7) is 0.501. The van der Waals surface area contributed by atoms with Crippen molar-refractivity contribution in [2.24, 2.45) is 0 Å². The Balaban J connectivity index is 2.78. The van der Waals surface area contributed by atoms with Crippen molar-refractivity contribution in [3.05, 3.63) is 17.7 Å². The molecule has 0 atom stereocenters. The summed E-state index contributed by atoms with van der Waals surface area (Å²) >= 11 is 0. The van der Waals surface area contributed by atoms with E-state index in [1.54, 1.807) is 0 Å². The molecule has 0 fully saturated rings. The van der Waals surface area contributed by atoms with Gasteiger partial charge in [0.25, 0.3) is 0 Å². The number of hydrogen-bond donors (Lipinski definition) is 1. The highest BCUT2D eigenvalue weighted by Gasteiger charge is 2.28. The van der Waals surface area contributed by atoms with Gasteiger partial charge in [0.2, 0.25) is 0 Å². The molecule has 7 heteroatoms. The lowest BCUT2D eigenvalue weighted by Crippen LogP contribution is -2.19. The van der Waals surface area contributed by atoms with Gasteiger partial charge in [0.15, 0.2) is 21.3 Å². The molecule has 0 aliphatic carbocycles. The van der Waals surface area contributed by atoms with Crippen molar-refractivity contribution in [1.29, 1.82) is 0 Å². The van der Waals surface area contributed by atoms with Gasteiger partial charge in [0.1, 0.15) is 18.1 Å². The van der Waals surface area contributed by atoms with Gasteiger partial charge in [-0.05, 0) is 12.1 Å². The largest absolute Gasteiger partial charge is 0.486 e. The molecule has 92 valence electrons. The molecule has 1 aliphatic rings. The van der Waals surface area contributed by atoms with Gasteiger partial charge in [-0.3, -0.25) is 0 Å². The Kier molecular flexibility index (Phi) is 2.70. The van der Waals surface area contributed by atoms with Crippen LogP contribution >= 0.6 is 0 Å². The van der Waals surface area contributed by atoms with Crippen molar-refractivity contribution >= 4 is 15.8 Å². The van der Waals surface area contributed by atoms with Crippen molar-refractivity contribution in [2.45, 2.75) is 4.90 Å². The zero-order valence-corrected chi connectivity index (χ0v) is 9.78. The number of carboxylic acids is 1. The molecule has 1 N–H and O–H groups in total. The summed E-state index contributed by atoms with van der Waals surface area (Å²) in [6, 6.07) is 2.60. The summed E-state index contributed by atoms with van der Waals surface area (Å²) in [5, 5.41) is 8.97. The average molecular weight is 258 g/mol. The highest BCUT2D eigenvalue weighted by Crippen LogP contribution is 2.38. The maximum Gasteiger partial charge on any atom is 0.337 e. The first-order valence-electron chi connectivity index (χ1n) is 4.77. The number of rotatable bonds is 2. The molecule has 0 saturated heterocycles. The Labute approximate surface area is 97.7 Å². The van der Waals surface area contributed by atoms with Crippen LogP contribution in [0.25, 0.3) is 0 Å². The number of carbonyl (C=O) groups is 1. The summed E-state index contributed by atoms with van der Waals surface area (Å²) in [4.78, 5) is 10.7. The van der Waals surface area contributed by atoms with Gasteiger partial charge >= 0.3 is 5.97 Å². The second-order valence-electron chi connectivity index (χ2n) is 3.54. The number of fused-ring (bicyclic) bond motifs is 1. The summed E-state index contributed by atoms with van der Waals surface area (Å²) < 4.78 is 33.7. The fourth-order valence-corrected chi connectivity index (χ4v) is 2.68. The summed E-state index contributed by atoms with van der Waals surface area (Å²) in [6.07, 6.45) is 0.938. The highest BCUT2D eigenvalue weighted by molar-refractivity contribution is 7.91. The van der Waals surface area contributed by atoms with Crippen molar-refractivity contribution in [3.63, 3.8) is 0 Å². The van der Waals surface area contributed by atoms with Gasteiger partial charge in [-0.1, -0.05) is 0 Å². The SMILES string of the molecule is CS(=O)(=O)c1c(C(=O)O)ccc2c1OCCO2. The number of benzene rings is 1. The summed E-state index contributed by atoms with van der Waals surface area (Å²) in [7, 11) is -3.71. The van der Waals surface area contributed by atoms with E-state index in [2.05, 4.69) is 0 Å². The molecule has 1 aromatic rings. The molecule has 0 bridgehead atoms. The Bertz CT molecular complexity index is 575. The van der Waals surface area contributed by atoms with Crippen LogP contribution in [0.15, 0.2) is 17.0 Å². The van der Waals surface area contributed by atoms with E-state index < -0.39 is 15.8 Å². The smallest absolute Gasteiger partial charge is 0.337 e. The number of sulfone groups is 1. The molecule has 2 rings (SSSR count). The lowest BCUT2D eigenvalue weighted by atomic mass is 10.2. The van der Waals surface area contributed by atoms with E-state index >= 15 is 0 Å². The number of hydrogen-bond acceptors (Lipinski definition) is 5. The predicted octanol–water partition coefficient (Wildman–Crippen LogP) is 0.560. The Morgan fingerprint density at radius 2 is 1.94 bits per heavy atom. The third-order valence-electron chi connectivity index (χ3n) is 2.26. The second kappa shape index (κ2) is 3.92. The first-order chi connectivity index (χ1) is 7.91. The molecule has 0 radical (unpaired) electrons. The van der Waals surface area contributed by atoms with Crippen LogP contribution in [0.5, 0.6) is 11.5 Å². The van der Waals surface area contributed by atoms with Crippen LogP contribution in [0.1, 0.15) is 10.4 Å². The van der Waals surface area contributed by atoms with Gasteiger partial charge in [-0.2, -0.15) is 0 Å². The zero-order valence-electron chi connectivity index (χ0n) is 8.97. The maximum atomic E-state index is 11.6. The predicted molar refractivity (Wildman–Crippen MR) is 57.5 cm³/mol. The van der Waals surface area contributed by atoms with Gasteiger partial charge in [-0.25, -0.2) is 13.2 Å². The van der Waals surface area contributed by atoms with Crippen molar-refractivity contribution in [1.82, 2.24) is 0 Å². The number of carboxylic acid groups (broad SMARTS) is 1. The number of ether oxygens (including phenoxy) is 2. The third kappa shape index (κ3) is 2.05. The molecule has 0 spiro atoms. The van der Waals surface area contributed by atoms with E-state index in [1.807, 2.05) is 0 Å². The molecule has 0 aromatic heterocycles. The number of aromatic carboxylic acids is 1. The van der Waals surface area contributed by atoms with Crippen LogP contribution in [0.4, 0.5) is 0 Å². The Morgan fingerprint density at radius 3 is 2.53 bits per heavy atom. The van der Waals surface area contributed by atoms with Crippen molar-refractivity contribution in [3.8, 4) is 11.5 Å². The molecule has 1 aromatic carbocycles. The van der Waals surface area contributed by atoms with E-state index in [-0.39, 0.29) is 28.6 Å². The minimum atomic E-state index is -3.71. The lowest BCUT2D eigenvalue weighted by Gasteiger charge is -2.21. The third-order valence-corrected chi connectivity index (χ3v) is 3.41. The minimum Gasteiger partial charge on any atom is -0.486 e. The van der Waals surface area contributed by atoms with Gasteiger partial charge in [0, 0.05) is 6.26 Å². The van der Waals surface area contributed by atoms with Crippen LogP contribution in [-0.4, -0.2) is 39.0 Å². The Morgan fingerprint density at radius 1 is 1.29 bits per heavy atom. The Hall–Kier alpha value is -1.76. The van der Waals surface area contributed by atoms with Gasteiger partial charge < -0.3 is 14.6 Å². The highest BCUT2D eigenvalue weighted by atomic mass is 32.2. The average Bonchev–Trinajstić information content (AvgIpc) is 2.26. The zero-order chi connectivity index (χ0) is 12.6. The molecular formula is C10H10O6S. The molecule has 0 unspecified atom stereocenters. The first kappa shape index (κ1) is 11.7. The molecule has 1 aliphatic heterocycles. The van der Waals surface area contributed by atoms with Crippen LogP contribution < -0.4 is 9.47 Å². The molecular weight excluding hydrogens is 248 g/mol. The summed E-state index contributed by atoms with van der Waals surface area (Å²) in [5.41, 5.74) is -0.309. The van der Waals surface area contributed by atoms with Crippen LogP contribution in [0, 0.1) is 0 Å². The molecule has 6 nitrogen and oxygen atoms in total. The van der Waals surface area contributed by atoms with E-state index in [4.69, 9.17) is 14.6 Å². The molecule has 1 heterocycles. The minimum absolute atomic E-state index is 0.0151. The normalized spacial score (nSPS) is 14.4. The standard InChI is InChI=1S/C10H10O6S/c1-17(13,14)9-6(10(11)12)2-3-7-8(9)16-5-4-15-7/h2-3H,4-5H2,1H3,(H,11,12). The first-order valence-corrected chi connectivity index (χ1v) is 6.66. The fraction of sp³-hybridized carbons (Fsp3) is 0.300. The molecule has 0 saturated carbocycles. The monoisotopic (exact) mass is 258 g/mol. The maximum absolute atomic E-state index is 11.6. The summed E-state index contributed by atoms with van der Waals surface area (Å²) in [5.74, 6) is -1.08. The van der Waals surface area contributed by atoms with E-state index in [0.29, 0.717) is 6.61 Å². The van der Waals surface area contributed by atoms with E-state index in [0.717, 1.165) is 6.26 Å². The van der Waals surface area contributed by atoms with Crippen molar-refractivity contribution < 1.29 is 27.8 Å². The van der Waals surface area contributed by atoms with Crippen LogP contribution in [0.2, 0.25) is 0 Å². The van der Waals surface area contributed by atoms with E-state index in [1.165, 1.54) is 12.1 Å². The lowest BCUT2D eigenvalue weighted by molar-refractivity contribution is 0.0690. The van der Waals surface area contributed by atoms with Crippen LogP contribution in [-0.2, 0) is 9.84 Å². The van der Waals surface area contributed by atoms with Crippen molar-refractivity contribution in [2.75, 3.05) is 19.5 Å². The fourth-order valence-electron chi connectivity index (χ4n) is 1.63. The van der Waals surface area contributed by atoms with Gasteiger partial charge in [0.05, 0.1) is 5.56 Å². The quantitative estimate of drug-likeness (QED) is 0.833. The molecule has 17 heavy (non-hydrogen) atoms. The van der Waals surface area contributed by atoms with Gasteiger partial charge in [-0.15, -0.1) is 0 Å². The topological polar surface area (TPSA) is 89.9 Å². The van der Waals surface area contributed by atoms with E-state index in [9.17, 15) is 13.2 Å². The molecule has 0 amide bonds. The second-order valence-corrected chi connectivity index (χ2v) is 5.50.